The molecule has 0 saturated heterocycles. The molecular weight excluding hydrogens is 156 g/mol. The zero-order valence-corrected chi connectivity index (χ0v) is 7.16. The lowest BCUT2D eigenvalue weighted by atomic mass is 10.3. The van der Waals surface area contributed by atoms with E-state index in [1.807, 2.05) is 19.0 Å². The molecule has 0 aliphatic heterocycles. The number of carbonyl (C=O) groups excluding carboxylic acids is 1. The van der Waals surface area contributed by atoms with E-state index in [9.17, 15) is 4.79 Å². The Labute approximate surface area is 70.6 Å². The molecule has 1 heterocycles. The molecule has 1 amide bonds. The highest BCUT2D eigenvalue weighted by atomic mass is 16.1. The Morgan fingerprint density at radius 1 is 1.75 bits per heavy atom. The Balaban J connectivity index is 2.84. The number of nitrogens with two attached hydrogens (primary N) is 1. The first-order chi connectivity index (χ1) is 5.61. The summed E-state index contributed by atoms with van der Waals surface area (Å²) in [5.74, 6) is -0.492. The molecule has 0 bridgehead atoms. The number of amides is 1. The highest BCUT2D eigenvalue weighted by Crippen LogP contribution is 2.03. The molecule has 0 unspecified atom stereocenters. The Morgan fingerprint density at radius 3 is 2.92 bits per heavy atom. The van der Waals surface area contributed by atoms with Gasteiger partial charge in [-0.1, -0.05) is 0 Å². The number of nitrogens with zero attached hydrogens (tertiary/aromatic N) is 2. The first-order valence-corrected chi connectivity index (χ1v) is 3.58. The van der Waals surface area contributed by atoms with Gasteiger partial charge < -0.3 is 15.6 Å². The molecule has 0 spiro atoms. The number of hydrogen-bond acceptors (Lipinski definition) is 3. The molecule has 0 saturated carbocycles. The molecule has 0 atom stereocenters. The first kappa shape index (κ1) is 8.73. The number of H-pyrrole nitrogens is 1. The van der Waals surface area contributed by atoms with Crippen molar-refractivity contribution in [2.24, 2.45) is 5.73 Å². The van der Waals surface area contributed by atoms with Gasteiger partial charge in [0.05, 0.1) is 12.0 Å². The average molecular weight is 168 g/mol. The topological polar surface area (TPSA) is 75.0 Å². The highest BCUT2D eigenvalue weighted by Gasteiger charge is 2.10. The average Bonchev–Trinajstić information content (AvgIpc) is 2.33. The minimum absolute atomic E-state index is 0.323. The van der Waals surface area contributed by atoms with E-state index >= 15 is 0 Å². The summed E-state index contributed by atoms with van der Waals surface area (Å²) in [4.78, 5) is 19.4. The molecule has 1 aromatic rings. The Kier molecular flexibility index (Phi) is 2.44. The van der Waals surface area contributed by atoms with Crippen molar-refractivity contribution in [1.82, 2.24) is 14.9 Å². The molecule has 0 aromatic carbocycles. The molecule has 0 fully saturated rings. The van der Waals surface area contributed by atoms with Crippen molar-refractivity contribution in [3.05, 3.63) is 17.7 Å². The van der Waals surface area contributed by atoms with Gasteiger partial charge in [0.15, 0.2) is 0 Å². The summed E-state index contributed by atoms with van der Waals surface area (Å²) in [6, 6.07) is 0. The SMILES string of the molecule is CN(C)Cc1[nH]cnc1C(N)=O. The summed E-state index contributed by atoms with van der Waals surface area (Å²) in [7, 11) is 3.82. The van der Waals surface area contributed by atoms with Gasteiger partial charge in [-0.3, -0.25) is 4.79 Å². The fraction of sp³-hybridized carbons (Fsp3) is 0.429. The smallest absolute Gasteiger partial charge is 0.269 e. The molecule has 5 nitrogen and oxygen atoms in total. The van der Waals surface area contributed by atoms with Gasteiger partial charge in [-0.05, 0) is 14.1 Å². The number of aromatic amines is 1. The van der Waals surface area contributed by atoms with Gasteiger partial charge in [0, 0.05) is 6.54 Å². The third kappa shape index (κ3) is 1.82. The summed E-state index contributed by atoms with van der Waals surface area (Å²) in [6.45, 7) is 0.637. The third-order valence-electron chi connectivity index (χ3n) is 1.43. The number of rotatable bonds is 3. The zero-order valence-electron chi connectivity index (χ0n) is 7.16. The summed E-state index contributed by atoms with van der Waals surface area (Å²) in [6.07, 6.45) is 1.47. The van der Waals surface area contributed by atoms with Crippen LogP contribution < -0.4 is 5.73 Å². The van der Waals surface area contributed by atoms with Gasteiger partial charge >= 0.3 is 0 Å². The van der Waals surface area contributed by atoms with Crippen molar-refractivity contribution < 1.29 is 4.79 Å². The van der Waals surface area contributed by atoms with Gasteiger partial charge in [-0.2, -0.15) is 0 Å². The number of nitrogens with one attached hydrogen (secondary N) is 1. The summed E-state index contributed by atoms with van der Waals surface area (Å²) in [5, 5.41) is 0. The van der Waals surface area contributed by atoms with Crippen LogP contribution in [0.5, 0.6) is 0 Å². The van der Waals surface area contributed by atoms with Crippen LogP contribution in [0.4, 0.5) is 0 Å². The zero-order chi connectivity index (χ0) is 9.14. The minimum atomic E-state index is -0.492. The van der Waals surface area contributed by atoms with E-state index in [4.69, 9.17) is 5.73 Å². The third-order valence-corrected chi connectivity index (χ3v) is 1.43. The van der Waals surface area contributed by atoms with Crippen molar-refractivity contribution in [3.8, 4) is 0 Å². The van der Waals surface area contributed by atoms with Crippen molar-refractivity contribution in [3.63, 3.8) is 0 Å². The minimum Gasteiger partial charge on any atom is -0.364 e. The second kappa shape index (κ2) is 3.36. The number of imidazole rings is 1. The predicted molar refractivity (Wildman–Crippen MR) is 44.5 cm³/mol. The molecule has 0 aliphatic carbocycles. The Morgan fingerprint density at radius 2 is 2.42 bits per heavy atom. The van der Waals surface area contributed by atoms with Crippen LogP contribution in [-0.2, 0) is 6.54 Å². The number of carbonyl (C=O) groups is 1. The van der Waals surface area contributed by atoms with Gasteiger partial charge in [-0.15, -0.1) is 0 Å². The van der Waals surface area contributed by atoms with Crippen molar-refractivity contribution in [2.75, 3.05) is 14.1 Å². The molecular formula is C7H12N4O. The van der Waals surface area contributed by atoms with Crippen LogP contribution in [0.2, 0.25) is 0 Å². The van der Waals surface area contributed by atoms with Crippen LogP contribution >= 0.6 is 0 Å². The molecule has 0 radical (unpaired) electrons. The number of primary amides is 1. The van der Waals surface area contributed by atoms with E-state index < -0.39 is 5.91 Å². The number of hydrogen-bond donors (Lipinski definition) is 2. The predicted octanol–water partition coefficient (Wildman–Crippen LogP) is -0.430. The monoisotopic (exact) mass is 168 g/mol. The van der Waals surface area contributed by atoms with Crippen LogP contribution in [0.1, 0.15) is 16.2 Å². The van der Waals surface area contributed by atoms with Gasteiger partial charge in [0.25, 0.3) is 5.91 Å². The normalized spacial score (nSPS) is 10.6. The highest BCUT2D eigenvalue weighted by molar-refractivity contribution is 5.91. The van der Waals surface area contributed by atoms with Crippen LogP contribution in [-0.4, -0.2) is 34.9 Å². The van der Waals surface area contributed by atoms with Crippen molar-refractivity contribution in [1.29, 1.82) is 0 Å². The second-order valence-corrected chi connectivity index (χ2v) is 2.83. The fourth-order valence-electron chi connectivity index (χ4n) is 0.970. The lowest BCUT2D eigenvalue weighted by molar-refractivity contribution is 0.0994. The Hall–Kier alpha value is -1.36. The molecule has 0 aliphatic rings. The van der Waals surface area contributed by atoms with E-state index in [1.165, 1.54) is 6.33 Å². The van der Waals surface area contributed by atoms with E-state index in [0.29, 0.717) is 12.2 Å². The summed E-state index contributed by atoms with van der Waals surface area (Å²) >= 11 is 0. The standard InChI is InChI=1S/C7H12N4O/c1-11(2)3-5-6(7(8)12)10-4-9-5/h4H,3H2,1-2H3,(H2,8,12)(H,9,10). The first-order valence-electron chi connectivity index (χ1n) is 3.58. The molecule has 12 heavy (non-hydrogen) atoms. The molecule has 1 rings (SSSR count). The van der Waals surface area contributed by atoms with Gasteiger partial charge in [0.2, 0.25) is 0 Å². The van der Waals surface area contributed by atoms with E-state index in [2.05, 4.69) is 9.97 Å². The van der Waals surface area contributed by atoms with Crippen LogP contribution in [0.25, 0.3) is 0 Å². The maximum atomic E-state index is 10.8. The van der Waals surface area contributed by atoms with E-state index in [1.54, 1.807) is 0 Å². The lowest BCUT2D eigenvalue weighted by Gasteiger charge is -2.07. The largest absolute Gasteiger partial charge is 0.364 e. The molecule has 5 heteroatoms. The second-order valence-electron chi connectivity index (χ2n) is 2.83. The van der Waals surface area contributed by atoms with Crippen molar-refractivity contribution in [2.45, 2.75) is 6.54 Å². The van der Waals surface area contributed by atoms with E-state index in [0.717, 1.165) is 5.69 Å². The lowest BCUT2D eigenvalue weighted by Crippen LogP contribution is -2.18. The Bertz CT molecular complexity index is 279. The quantitative estimate of drug-likeness (QED) is 0.643. The van der Waals surface area contributed by atoms with Crippen molar-refractivity contribution >= 4 is 5.91 Å². The fourth-order valence-corrected chi connectivity index (χ4v) is 0.970. The van der Waals surface area contributed by atoms with Gasteiger partial charge in [0.1, 0.15) is 5.69 Å². The maximum absolute atomic E-state index is 10.8. The van der Waals surface area contributed by atoms with E-state index in [-0.39, 0.29) is 0 Å². The summed E-state index contributed by atoms with van der Waals surface area (Å²) < 4.78 is 0. The van der Waals surface area contributed by atoms with Crippen LogP contribution in [0.15, 0.2) is 6.33 Å². The molecule has 1 aromatic heterocycles. The van der Waals surface area contributed by atoms with Gasteiger partial charge in [-0.25, -0.2) is 4.98 Å². The van der Waals surface area contributed by atoms with Crippen LogP contribution in [0, 0.1) is 0 Å². The molecule has 3 N–H and O–H groups in total. The summed E-state index contributed by atoms with van der Waals surface area (Å²) in [5.41, 5.74) is 6.17. The maximum Gasteiger partial charge on any atom is 0.269 e. The molecule has 66 valence electrons. The van der Waals surface area contributed by atoms with Crippen LogP contribution in [0.3, 0.4) is 0 Å². The number of aromatic nitrogens is 2.